The molecule has 2 atom stereocenters. The van der Waals surface area contributed by atoms with E-state index >= 15 is 0 Å². The Bertz CT molecular complexity index is 284. The molecular weight excluding hydrogens is 168 g/mol. The van der Waals surface area contributed by atoms with Crippen molar-refractivity contribution in [3.63, 3.8) is 0 Å². The van der Waals surface area contributed by atoms with E-state index in [4.69, 9.17) is 11.6 Å². The van der Waals surface area contributed by atoms with Crippen LogP contribution in [0.4, 0.5) is 0 Å². The van der Waals surface area contributed by atoms with E-state index in [1.165, 1.54) is 11.1 Å². The summed E-state index contributed by atoms with van der Waals surface area (Å²) in [6, 6.07) is 8.68. The summed E-state index contributed by atoms with van der Waals surface area (Å²) in [6.45, 7) is 4.22. The fourth-order valence-corrected chi connectivity index (χ4v) is 1.88. The van der Waals surface area contributed by atoms with Crippen molar-refractivity contribution in [3.05, 3.63) is 35.4 Å². The Morgan fingerprint density at radius 2 is 1.83 bits per heavy atom. The monoisotopic (exact) mass is 180 g/mol. The molecule has 1 heteroatoms. The van der Waals surface area contributed by atoms with Crippen LogP contribution in [0, 0.1) is 6.92 Å². The van der Waals surface area contributed by atoms with Crippen LogP contribution in [0.2, 0.25) is 0 Å². The molecular formula is C11H13Cl. The predicted molar refractivity (Wildman–Crippen MR) is 52.8 cm³/mol. The Labute approximate surface area is 78.6 Å². The zero-order valence-electron chi connectivity index (χ0n) is 7.47. The molecule has 1 fully saturated rings. The largest absolute Gasteiger partial charge is 0.119 e. The standard InChI is InChI=1S/C11H13Cl/c1-8-3-5-9(6-4-8)10-7-11(10,2)12/h3-6,10H,7H2,1-2H3. The maximum absolute atomic E-state index is 6.18. The van der Waals surface area contributed by atoms with E-state index in [1.54, 1.807) is 0 Å². The van der Waals surface area contributed by atoms with Crippen molar-refractivity contribution in [2.45, 2.75) is 31.1 Å². The van der Waals surface area contributed by atoms with Gasteiger partial charge in [0, 0.05) is 10.8 Å². The minimum absolute atomic E-state index is 0.0370. The maximum atomic E-state index is 6.18. The van der Waals surface area contributed by atoms with E-state index in [-0.39, 0.29) is 4.87 Å². The highest BCUT2D eigenvalue weighted by molar-refractivity contribution is 6.26. The van der Waals surface area contributed by atoms with Gasteiger partial charge in [-0.05, 0) is 25.8 Å². The highest BCUT2D eigenvalue weighted by Crippen LogP contribution is 2.55. The summed E-state index contributed by atoms with van der Waals surface area (Å²) in [7, 11) is 0. The van der Waals surface area contributed by atoms with Gasteiger partial charge in [0.2, 0.25) is 0 Å². The molecule has 1 aliphatic carbocycles. The van der Waals surface area contributed by atoms with E-state index in [0.29, 0.717) is 5.92 Å². The summed E-state index contributed by atoms with van der Waals surface area (Å²) in [5.41, 5.74) is 2.70. The first-order chi connectivity index (χ1) is 5.59. The Morgan fingerprint density at radius 1 is 1.33 bits per heavy atom. The quantitative estimate of drug-likeness (QED) is 0.581. The molecule has 0 amide bonds. The Kier molecular flexibility index (Phi) is 1.69. The van der Waals surface area contributed by atoms with Crippen LogP contribution < -0.4 is 0 Å². The second-order valence-electron chi connectivity index (χ2n) is 3.95. The summed E-state index contributed by atoms with van der Waals surface area (Å²) < 4.78 is 0. The lowest BCUT2D eigenvalue weighted by Crippen LogP contribution is -1.92. The molecule has 12 heavy (non-hydrogen) atoms. The first-order valence-corrected chi connectivity index (χ1v) is 4.73. The maximum Gasteiger partial charge on any atom is 0.0494 e. The van der Waals surface area contributed by atoms with Gasteiger partial charge in [-0.15, -0.1) is 11.6 Å². The van der Waals surface area contributed by atoms with Gasteiger partial charge in [-0.3, -0.25) is 0 Å². The fraction of sp³-hybridized carbons (Fsp3) is 0.455. The second-order valence-corrected chi connectivity index (χ2v) is 4.81. The Balaban J connectivity index is 2.21. The van der Waals surface area contributed by atoms with Crippen molar-refractivity contribution in [1.29, 1.82) is 0 Å². The molecule has 0 bridgehead atoms. The molecule has 0 saturated heterocycles. The molecule has 0 heterocycles. The van der Waals surface area contributed by atoms with Crippen LogP contribution in [-0.2, 0) is 0 Å². The molecule has 0 nitrogen and oxygen atoms in total. The highest BCUT2D eigenvalue weighted by atomic mass is 35.5. The minimum atomic E-state index is 0.0370. The van der Waals surface area contributed by atoms with Crippen LogP contribution >= 0.6 is 11.6 Å². The van der Waals surface area contributed by atoms with Gasteiger partial charge in [0.05, 0.1) is 0 Å². The molecule has 0 N–H and O–H groups in total. The van der Waals surface area contributed by atoms with Gasteiger partial charge < -0.3 is 0 Å². The number of rotatable bonds is 1. The molecule has 0 spiro atoms. The molecule has 0 aromatic heterocycles. The van der Waals surface area contributed by atoms with E-state index in [1.807, 2.05) is 0 Å². The number of halogens is 1. The number of hydrogen-bond acceptors (Lipinski definition) is 0. The number of hydrogen-bond donors (Lipinski definition) is 0. The van der Waals surface area contributed by atoms with Crippen molar-refractivity contribution >= 4 is 11.6 Å². The lowest BCUT2D eigenvalue weighted by Gasteiger charge is -2.01. The summed E-state index contributed by atoms with van der Waals surface area (Å²) >= 11 is 6.18. The SMILES string of the molecule is Cc1ccc(C2CC2(C)Cl)cc1. The minimum Gasteiger partial charge on any atom is -0.119 e. The van der Waals surface area contributed by atoms with Crippen LogP contribution in [0.1, 0.15) is 30.4 Å². The van der Waals surface area contributed by atoms with Crippen LogP contribution in [0.5, 0.6) is 0 Å². The van der Waals surface area contributed by atoms with E-state index in [0.717, 1.165) is 6.42 Å². The van der Waals surface area contributed by atoms with Crippen LogP contribution in [0.15, 0.2) is 24.3 Å². The highest BCUT2D eigenvalue weighted by Gasteiger charge is 2.49. The smallest absolute Gasteiger partial charge is 0.0494 e. The molecule has 0 aliphatic heterocycles. The normalized spacial score (nSPS) is 33.4. The van der Waals surface area contributed by atoms with Crippen LogP contribution in [0.3, 0.4) is 0 Å². The van der Waals surface area contributed by atoms with Gasteiger partial charge in [0.15, 0.2) is 0 Å². The summed E-state index contributed by atoms with van der Waals surface area (Å²) in [6.07, 6.45) is 1.12. The zero-order chi connectivity index (χ0) is 8.77. The van der Waals surface area contributed by atoms with Crippen LogP contribution in [-0.4, -0.2) is 4.87 Å². The zero-order valence-corrected chi connectivity index (χ0v) is 8.23. The predicted octanol–water partition coefficient (Wildman–Crippen LogP) is 3.48. The lowest BCUT2D eigenvalue weighted by molar-refractivity contribution is 0.957. The second kappa shape index (κ2) is 2.50. The van der Waals surface area contributed by atoms with Gasteiger partial charge in [-0.25, -0.2) is 0 Å². The fourth-order valence-electron chi connectivity index (χ4n) is 1.60. The van der Waals surface area contributed by atoms with Crippen molar-refractivity contribution in [1.82, 2.24) is 0 Å². The number of benzene rings is 1. The van der Waals surface area contributed by atoms with Crippen LogP contribution in [0.25, 0.3) is 0 Å². The molecule has 0 radical (unpaired) electrons. The third kappa shape index (κ3) is 1.36. The first kappa shape index (κ1) is 8.12. The molecule has 64 valence electrons. The van der Waals surface area contributed by atoms with E-state index in [9.17, 15) is 0 Å². The third-order valence-corrected chi connectivity index (χ3v) is 3.07. The van der Waals surface area contributed by atoms with Gasteiger partial charge in [0.25, 0.3) is 0 Å². The Morgan fingerprint density at radius 3 is 2.25 bits per heavy atom. The van der Waals surface area contributed by atoms with Crippen molar-refractivity contribution in [3.8, 4) is 0 Å². The average molecular weight is 181 g/mol. The van der Waals surface area contributed by atoms with Gasteiger partial charge in [0.1, 0.15) is 0 Å². The lowest BCUT2D eigenvalue weighted by atomic mass is 10.1. The molecule has 1 aliphatic rings. The third-order valence-electron chi connectivity index (χ3n) is 2.65. The molecule has 1 saturated carbocycles. The number of alkyl halides is 1. The van der Waals surface area contributed by atoms with Crippen molar-refractivity contribution in [2.24, 2.45) is 0 Å². The Hall–Kier alpha value is -0.490. The van der Waals surface area contributed by atoms with Crippen molar-refractivity contribution in [2.75, 3.05) is 0 Å². The van der Waals surface area contributed by atoms with E-state index < -0.39 is 0 Å². The molecule has 1 aromatic carbocycles. The summed E-state index contributed by atoms with van der Waals surface area (Å²) in [4.78, 5) is 0.0370. The van der Waals surface area contributed by atoms with Gasteiger partial charge >= 0.3 is 0 Å². The van der Waals surface area contributed by atoms with Crippen molar-refractivity contribution < 1.29 is 0 Å². The van der Waals surface area contributed by atoms with Gasteiger partial charge in [-0.2, -0.15) is 0 Å². The van der Waals surface area contributed by atoms with E-state index in [2.05, 4.69) is 38.1 Å². The average Bonchev–Trinajstić information content (AvgIpc) is 2.61. The number of aryl methyl sites for hydroxylation is 1. The first-order valence-electron chi connectivity index (χ1n) is 4.35. The van der Waals surface area contributed by atoms with Gasteiger partial charge in [-0.1, -0.05) is 29.8 Å². The topological polar surface area (TPSA) is 0 Å². The summed E-state index contributed by atoms with van der Waals surface area (Å²) in [5, 5.41) is 0. The summed E-state index contributed by atoms with van der Waals surface area (Å²) in [5.74, 6) is 0.583. The molecule has 2 unspecified atom stereocenters. The molecule has 1 aromatic rings. The molecule has 2 rings (SSSR count).